The van der Waals surface area contributed by atoms with Crippen molar-refractivity contribution in [1.29, 1.82) is 0 Å². The van der Waals surface area contributed by atoms with Gasteiger partial charge in [0.15, 0.2) is 0 Å². The second kappa shape index (κ2) is 5.86. The molecule has 2 aromatic rings. The number of benzene rings is 1. The maximum Gasteiger partial charge on any atom is 0.248 e. The van der Waals surface area contributed by atoms with Gasteiger partial charge in [-0.15, -0.1) is 16.9 Å². The molecule has 2 fully saturated rings. The molecule has 0 radical (unpaired) electrons. The summed E-state index contributed by atoms with van der Waals surface area (Å²) in [6.07, 6.45) is 1.35. The maximum atomic E-state index is 12.6. The van der Waals surface area contributed by atoms with Crippen molar-refractivity contribution in [3.05, 3.63) is 29.6 Å². The average molecular weight is 360 g/mol. The SMILES string of the molecule is CC12CCC(=O)N1C(C(=O)Nc1ccc(-c3csnn3)cc1)CS2. The molecule has 2 atom stereocenters. The Kier molecular flexibility index (Phi) is 3.80. The van der Waals surface area contributed by atoms with Gasteiger partial charge in [-0.2, -0.15) is 0 Å². The van der Waals surface area contributed by atoms with Crippen LogP contribution in [0.3, 0.4) is 0 Å². The molecular formula is C16H16N4O2S2. The highest BCUT2D eigenvalue weighted by atomic mass is 32.2. The molecule has 0 bridgehead atoms. The van der Waals surface area contributed by atoms with Crippen LogP contribution in [-0.4, -0.2) is 43.0 Å². The molecule has 1 aromatic heterocycles. The number of carbonyl (C=O) groups excluding carboxylic acids is 2. The molecule has 0 saturated carbocycles. The number of fused-ring (bicyclic) bond motifs is 1. The first-order valence-electron chi connectivity index (χ1n) is 7.71. The first-order valence-corrected chi connectivity index (χ1v) is 9.53. The monoisotopic (exact) mass is 360 g/mol. The molecule has 2 aliphatic rings. The lowest BCUT2D eigenvalue weighted by atomic mass is 10.1. The summed E-state index contributed by atoms with van der Waals surface area (Å²) in [4.78, 5) is 26.3. The Morgan fingerprint density at radius 1 is 1.38 bits per heavy atom. The Morgan fingerprint density at radius 3 is 2.88 bits per heavy atom. The van der Waals surface area contributed by atoms with Crippen molar-refractivity contribution in [2.75, 3.05) is 11.1 Å². The fourth-order valence-corrected chi connectivity index (χ4v) is 5.15. The minimum absolute atomic E-state index is 0.0778. The van der Waals surface area contributed by atoms with E-state index < -0.39 is 6.04 Å². The number of rotatable bonds is 3. The van der Waals surface area contributed by atoms with E-state index in [4.69, 9.17) is 0 Å². The summed E-state index contributed by atoms with van der Waals surface area (Å²) in [5.41, 5.74) is 2.50. The van der Waals surface area contributed by atoms with Crippen LogP contribution in [0.15, 0.2) is 29.6 Å². The lowest BCUT2D eigenvalue weighted by molar-refractivity contribution is -0.135. The molecule has 6 nitrogen and oxygen atoms in total. The number of nitrogens with one attached hydrogen (secondary N) is 1. The fourth-order valence-electron chi connectivity index (χ4n) is 3.25. The van der Waals surface area contributed by atoms with Gasteiger partial charge in [-0.25, -0.2) is 0 Å². The minimum atomic E-state index is -0.391. The van der Waals surface area contributed by atoms with Crippen LogP contribution < -0.4 is 5.32 Å². The highest BCUT2D eigenvalue weighted by Gasteiger charge is 2.52. The third-order valence-electron chi connectivity index (χ3n) is 4.56. The molecule has 2 unspecified atom stereocenters. The Labute approximate surface area is 147 Å². The maximum absolute atomic E-state index is 12.6. The molecule has 2 amide bonds. The highest BCUT2D eigenvalue weighted by Crippen LogP contribution is 2.47. The Bertz CT molecular complexity index is 778. The zero-order chi connectivity index (χ0) is 16.7. The fraction of sp³-hybridized carbons (Fsp3) is 0.375. The lowest BCUT2D eigenvalue weighted by Crippen LogP contribution is -2.48. The van der Waals surface area contributed by atoms with Gasteiger partial charge in [0.2, 0.25) is 11.8 Å². The van der Waals surface area contributed by atoms with E-state index in [1.165, 1.54) is 11.5 Å². The molecule has 24 heavy (non-hydrogen) atoms. The highest BCUT2D eigenvalue weighted by molar-refractivity contribution is 8.01. The smallest absolute Gasteiger partial charge is 0.248 e. The van der Waals surface area contributed by atoms with Crippen molar-refractivity contribution in [3.8, 4) is 11.3 Å². The third kappa shape index (κ3) is 2.59. The number of nitrogens with zero attached hydrogens (tertiary/aromatic N) is 3. The Morgan fingerprint density at radius 2 is 2.17 bits per heavy atom. The summed E-state index contributed by atoms with van der Waals surface area (Å²) >= 11 is 3.00. The zero-order valence-corrected chi connectivity index (χ0v) is 14.7. The van der Waals surface area contributed by atoms with Crippen molar-refractivity contribution in [3.63, 3.8) is 0 Å². The second-order valence-electron chi connectivity index (χ2n) is 6.12. The summed E-state index contributed by atoms with van der Waals surface area (Å²) < 4.78 is 3.85. The quantitative estimate of drug-likeness (QED) is 0.911. The van der Waals surface area contributed by atoms with E-state index in [9.17, 15) is 9.59 Å². The largest absolute Gasteiger partial charge is 0.324 e. The number of amides is 2. The molecule has 2 saturated heterocycles. The normalized spacial score (nSPS) is 25.8. The van der Waals surface area contributed by atoms with Crippen molar-refractivity contribution in [2.45, 2.75) is 30.7 Å². The van der Waals surface area contributed by atoms with Crippen molar-refractivity contribution < 1.29 is 9.59 Å². The summed E-state index contributed by atoms with van der Waals surface area (Å²) in [7, 11) is 0. The number of thioether (sulfide) groups is 1. The predicted molar refractivity (Wildman–Crippen MR) is 94.7 cm³/mol. The molecule has 124 valence electrons. The number of hydrogen-bond donors (Lipinski definition) is 1. The average Bonchev–Trinajstić information content (AvgIpc) is 3.27. The van der Waals surface area contributed by atoms with Gasteiger partial charge in [0, 0.05) is 28.8 Å². The molecular weight excluding hydrogens is 344 g/mol. The molecule has 0 spiro atoms. The van der Waals surface area contributed by atoms with Crippen LogP contribution >= 0.6 is 23.3 Å². The van der Waals surface area contributed by atoms with Crippen LogP contribution in [0, 0.1) is 0 Å². The van der Waals surface area contributed by atoms with E-state index in [1.54, 1.807) is 16.7 Å². The van der Waals surface area contributed by atoms with Gasteiger partial charge in [0.1, 0.15) is 11.7 Å². The molecule has 3 heterocycles. The molecule has 8 heteroatoms. The van der Waals surface area contributed by atoms with Gasteiger partial charge in [0.05, 0.1) is 4.87 Å². The Balaban J connectivity index is 1.47. The van der Waals surface area contributed by atoms with E-state index in [2.05, 4.69) is 14.9 Å². The van der Waals surface area contributed by atoms with Gasteiger partial charge in [-0.3, -0.25) is 9.59 Å². The second-order valence-corrected chi connectivity index (χ2v) is 8.23. The first kappa shape index (κ1) is 15.6. The van der Waals surface area contributed by atoms with Crippen LogP contribution in [-0.2, 0) is 9.59 Å². The van der Waals surface area contributed by atoms with E-state index in [0.717, 1.165) is 23.4 Å². The van der Waals surface area contributed by atoms with E-state index >= 15 is 0 Å². The van der Waals surface area contributed by atoms with Gasteiger partial charge < -0.3 is 10.2 Å². The first-order chi connectivity index (χ1) is 11.6. The van der Waals surface area contributed by atoms with Crippen molar-refractivity contribution in [1.82, 2.24) is 14.5 Å². The summed E-state index contributed by atoms with van der Waals surface area (Å²) in [5, 5.41) is 8.83. The van der Waals surface area contributed by atoms with Gasteiger partial charge in [0.25, 0.3) is 0 Å². The van der Waals surface area contributed by atoms with Crippen LogP contribution in [0.2, 0.25) is 0 Å². The van der Waals surface area contributed by atoms with Crippen LogP contribution in [0.1, 0.15) is 19.8 Å². The standard InChI is InChI=1S/C16H16N4O2S2/c1-16-7-6-14(21)20(16)13(9-23-16)15(22)17-11-4-2-10(3-5-11)12-8-24-19-18-12/h2-5,8,13H,6-7,9H2,1H3,(H,17,22). The van der Waals surface area contributed by atoms with Crippen LogP contribution in [0.4, 0.5) is 5.69 Å². The van der Waals surface area contributed by atoms with Crippen molar-refractivity contribution in [2.24, 2.45) is 0 Å². The van der Waals surface area contributed by atoms with Crippen LogP contribution in [0.25, 0.3) is 11.3 Å². The number of hydrogen-bond acceptors (Lipinski definition) is 6. The molecule has 4 rings (SSSR count). The topological polar surface area (TPSA) is 75.2 Å². The van der Waals surface area contributed by atoms with Crippen LogP contribution in [0.5, 0.6) is 0 Å². The molecule has 1 N–H and O–H groups in total. The van der Waals surface area contributed by atoms with E-state index in [1.807, 2.05) is 36.6 Å². The zero-order valence-electron chi connectivity index (χ0n) is 13.1. The third-order valence-corrected chi connectivity index (χ3v) is 6.57. The minimum Gasteiger partial charge on any atom is -0.324 e. The Hall–Kier alpha value is -1.93. The molecule has 2 aliphatic heterocycles. The number of carbonyl (C=O) groups is 2. The van der Waals surface area contributed by atoms with Crippen molar-refractivity contribution >= 4 is 40.8 Å². The summed E-state index contributed by atoms with van der Waals surface area (Å²) in [6, 6.07) is 7.11. The van der Waals surface area contributed by atoms with Gasteiger partial charge in [-0.1, -0.05) is 16.6 Å². The predicted octanol–water partition coefficient (Wildman–Crippen LogP) is 2.60. The summed E-state index contributed by atoms with van der Waals surface area (Å²) in [6.45, 7) is 2.05. The van der Waals surface area contributed by atoms with Gasteiger partial charge in [-0.05, 0) is 37.0 Å². The number of anilines is 1. The number of aromatic nitrogens is 2. The summed E-state index contributed by atoms with van der Waals surface area (Å²) in [5.74, 6) is 0.606. The van der Waals surface area contributed by atoms with E-state index in [0.29, 0.717) is 12.2 Å². The molecule has 0 aliphatic carbocycles. The molecule has 1 aromatic carbocycles. The van der Waals surface area contributed by atoms with Gasteiger partial charge >= 0.3 is 0 Å². The lowest BCUT2D eigenvalue weighted by Gasteiger charge is -2.29. The van der Waals surface area contributed by atoms with E-state index in [-0.39, 0.29) is 16.7 Å².